The Kier molecular flexibility index (Phi) is 3.78. The van der Waals surface area contributed by atoms with Gasteiger partial charge < -0.3 is 16.0 Å². The van der Waals surface area contributed by atoms with Gasteiger partial charge in [-0.2, -0.15) is 4.98 Å². The summed E-state index contributed by atoms with van der Waals surface area (Å²) >= 11 is 3.40. The molecule has 17 heavy (non-hydrogen) atoms. The molecule has 0 radical (unpaired) electrons. The molecule has 3 N–H and O–H groups in total. The van der Waals surface area contributed by atoms with Gasteiger partial charge in [0.25, 0.3) is 0 Å². The molecule has 0 bridgehead atoms. The van der Waals surface area contributed by atoms with Crippen LogP contribution in [0.25, 0.3) is 0 Å². The van der Waals surface area contributed by atoms with Gasteiger partial charge in [0, 0.05) is 32.3 Å². The van der Waals surface area contributed by atoms with Crippen molar-refractivity contribution in [3.05, 3.63) is 10.7 Å². The van der Waals surface area contributed by atoms with Gasteiger partial charge in [0.1, 0.15) is 5.82 Å². The molecule has 1 unspecified atom stereocenters. The third kappa shape index (κ3) is 3.06. The second-order valence-corrected chi connectivity index (χ2v) is 4.68. The van der Waals surface area contributed by atoms with Crippen LogP contribution < -0.4 is 16.0 Å². The minimum Gasteiger partial charge on any atom is -0.364 e. The quantitative estimate of drug-likeness (QED) is 0.775. The minimum atomic E-state index is 0.112. The Morgan fingerprint density at radius 3 is 3.06 bits per heavy atom. The highest BCUT2D eigenvalue weighted by molar-refractivity contribution is 9.10. The summed E-state index contributed by atoms with van der Waals surface area (Å²) in [5.74, 6) is 1.42. The molecule has 2 rings (SSSR count). The number of rotatable bonds is 3. The third-order valence-corrected chi connectivity index (χ3v) is 3.15. The number of aromatic nitrogens is 2. The maximum absolute atomic E-state index is 11.0. The van der Waals surface area contributed by atoms with Gasteiger partial charge in [-0.3, -0.25) is 4.79 Å². The van der Waals surface area contributed by atoms with Crippen molar-refractivity contribution < 1.29 is 4.79 Å². The fraction of sp³-hybridized carbons (Fsp3) is 0.500. The van der Waals surface area contributed by atoms with Crippen LogP contribution in [-0.4, -0.2) is 35.5 Å². The van der Waals surface area contributed by atoms with Crippen LogP contribution in [0.3, 0.4) is 0 Å². The van der Waals surface area contributed by atoms with Gasteiger partial charge in [-0.25, -0.2) is 4.98 Å². The molecule has 0 aromatic carbocycles. The molecule has 0 spiro atoms. The maximum Gasteiger partial charge on any atom is 0.224 e. The number of hydrogen-bond acceptors (Lipinski definition) is 5. The number of halogens is 1. The summed E-state index contributed by atoms with van der Waals surface area (Å²) in [5.41, 5.74) is 0. The molecule has 1 fully saturated rings. The average Bonchev–Trinajstić information content (AvgIpc) is 2.35. The van der Waals surface area contributed by atoms with Crippen LogP contribution in [0.1, 0.15) is 12.8 Å². The van der Waals surface area contributed by atoms with Crippen molar-refractivity contribution in [1.82, 2.24) is 15.3 Å². The van der Waals surface area contributed by atoms with E-state index >= 15 is 0 Å². The number of carbonyl (C=O) groups is 1. The van der Waals surface area contributed by atoms with Crippen molar-refractivity contribution >= 4 is 33.6 Å². The molecule has 1 aromatic heterocycles. The lowest BCUT2D eigenvalue weighted by molar-refractivity contribution is -0.122. The second kappa shape index (κ2) is 5.31. The van der Waals surface area contributed by atoms with Gasteiger partial charge in [-0.05, 0) is 22.4 Å². The Labute approximate surface area is 108 Å². The van der Waals surface area contributed by atoms with Gasteiger partial charge in [0.05, 0.1) is 4.47 Å². The summed E-state index contributed by atoms with van der Waals surface area (Å²) in [5, 5.41) is 9.00. The van der Waals surface area contributed by atoms with Crippen LogP contribution in [0.4, 0.5) is 11.8 Å². The zero-order valence-electron chi connectivity index (χ0n) is 9.46. The lowest BCUT2D eigenvalue weighted by Crippen LogP contribution is -2.42. The van der Waals surface area contributed by atoms with Crippen molar-refractivity contribution in [2.75, 3.05) is 24.2 Å². The molecule has 0 saturated carbocycles. The number of anilines is 2. The standard InChI is InChI=1S/C10H14BrN5O/c1-12-10-14-5-7(11)9(16-10)15-6-2-3-8(17)13-4-6/h5-6H,2-4H2,1H3,(H,13,17)(H2,12,14,15,16). The highest BCUT2D eigenvalue weighted by atomic mass is 79.9. The van der Waals surface area contributed by atoms with Gasteiger partial charge in [-0.1, -0.05) is 0 Å². The van der Waals surface area contributed by atoms with Crippen molar-refractivity contribution in [3.8, 4) is 0 Å². The smallest absolute Gasteiger partial charge is 0.224 e. The first-order valence-electron chi connectivity index (χ1n) is 5.42. The molecule has 1 amide bonds. The van der Waals surface area contributed by atoms with Crippen molar-refractivity contribution in [2.24, 2.45) is 0 Å². The van der Waals surface area contributed by atoms with E-state index < -0.39 is 0 Å². The van der Waals surface area contributed by atoms with Crippen LogP contribution in [0.2, 0.25) is 0 Å². The molecule has 1 aliphatic heterocycles. The van der Waals surface area contributed by atoms with E-state index in [0.29, 0.717) is 18.9 Å². The summed E-state index contributed by atoms with van der Waals surface area (Å²) in [6.45, 7) is 0.629. The largest absolute Gasteiger partial charge is 0.364 e. The fourth-order valence-corrected chi connectivity index (χ4v) is 1.94. The van der Waals surface area contributed by atoms with E-state index in [2.05, 4.69) is 41.8 Å². The summed E-state index contributed by atoms with van der Waals surface area (Å²) in [7, 11) is 1.77. The van der Waals surface area contributed by atoms with Crippen LogP contribution in [0.15, 0.2) is 10.7 Å². The maximum atomic E-state index is 11.0. The van der Waals surface area contributed by atoms with Crippen molar-refractivity contribution in [3.63, 3.8) is 0 Å². The van der Waals surface area contributed by atoms with Gasteiger partial charge in [0.15, 0.2) is 0 Å². The second-order valence-electron chi connectivity index (χ2n) is 3.82. The third-order valence-electron chi connectivity index (χ3n) is 2.57. The number of hydrogen-bond donors (Lipinski definition) is 3. The molecule has 1 aromatic rings. The summed E-state index contributed by atoms with van der Waals surface area (Å²) in [4.78, 5) is 19.4. The zero-order chi connectivity index (χ0) is 12.3. The van der Waals surface area contributed by atoms with Gasteiger partial charge in [0.2, 0.25) is 11.9 Å². The van der Waals surface area contributed by atoms with Crippen molar-refractivity contribution in [1.29, 1.82) is 0 Å². The number of nitrogens with one attached hydrogen (secondary N) is 3. The Morgan fingerprint density at radius 1 is 1.59 bits per heavy atom. The normalized spacial score (nSPS) is 19.6. The molecular formula is C10H14BrN5O. The van der Waals surface area contributed by atoms with Crippen LogP contribution >= 0.6 is 15.9 Å². The van der Waals surface area contributed by atoms with Crippen molar-refractivity contribution in [2.45, 2.75) is 18.9 Å². The highest BCUT2D eigenvalue weighted by Gasteiger charge is 2.19. The first-order chi connectivity index (χ1) is 8.19. The molecule has 2 heterocycles. The number of carbonyl (C=O) groups excluding carboxylic acids is 1. The Morgan fingerprint density at radius 2 is 2.41 bits per heavy atom. The Balaban J connectivity index is 2.04. The number of piperidine rings is 1. The Hall–Kier alpha value is -1.37. The lowest BCUT2D eigenvalue weighted by Gasteiger charge is -2.24. The highest BCUT2D eigenvalue weighted by Crippen LogP contribution is 2.21. The molecular weight excluding hydrogens is 286 g/mol. The van der Waals surface area contributed by atoms with E-state index in [-0.39, 0.29) is 11.9 Å². The molecule has 6 nitrogen and oxygen atoms in total. The monoisotopic (exact) mass is 299 g/mol. The Bertz CT molecular complexity index is 415. The van der Waals surface area contributed by atoms with E-state index in [1.54, 1.807) is 13.2 Å². The predicted molar refractivity (Wildman–Crippen MR) is 68.9 cm³/mol. The number of amides is 1. The van der Waals surface area contributed by atoms with E-state index in [0.717, 1.165) is 16.7 Å². The van der Waals surface area contributed by atoms with E-state index in [4.69, 9.17) is 0 Å². The van der Waals surface area contributed by atoms with Crippen LogP contribution in [-0.2, 0) is 4.79 Å². The molecule has 92 valence electrons. The summed E-state index contributed by atoms with van der Waals surface area (Å²) in [6.07, 6.45) is 3.07. The number of nitrogens with zero attached hydrogens (tertiary/aromatic N) is 2. The SMILES string of the molecule is CNc1ncc(Br)c(NC2CCC(=O)NC2)n1. The molecule has 1 atom stereocenters. The average molecular weight is 300 g/mol. The van der Waals surface area contributed by atoms with E-state index in [1.165, 1.54) is 0 Å². The topological polar surface area (TPSA) is 78.9 Å². The minimum absolute atomic E-state index is 0.112. The molecule has 0 aliphatic carbocycles. The van der Waals surface area contributed by atoms with E-state index in [9.17, 15) is 4.79 Å². The molecule has 1 saturated heterocycles. The first-order valence-corrected chi connectivity index (χ1v) is 6.22. The summed E-state index contributed by atoms with van der Waals surface area (Å²) < 4.78 is 0.813. The molecule has 7 heteroatoms. The summed E-state index contributed by atoms with van der Waals surface area (Å²) in [6, 6.07) is 0.212. The lowest BCUT2D eigenvalue weighted by atomic mass is 10.1. The first kappa shape index (κ1) is 12.1. The van der Waals surface area contributed by atoms with E-state index in [1.807, 2.05) is 0 Å². The fourth-order valence-electron chi connectivity index (χ4n) is 1.64. The predicted octanol–water partition coefficient (Wildman–Crippen LogP) is 0.971. The molecule has 1 aliphatic rings. The zero-order valence-corrected chi connectivity index (χ0v) is 11.0. The van der Waals surface area contributed by atoms with Crippen LogP contribution in [0.5, 0.6) is 0 Å². The van der Waals surface area contributed by atoms with Crippen LogP contribution in [0, 0.1) is 0 Å². The van der Waals surface area contributed by atoms with Gasteiger partial charge in [-0.15, -0.1) is 0 Å². The van der Waals surface area contributed by atoms with Gasteiger partial charge >= 0.3 is 0 Å².